The number of benzene rings is 7. The van der Waals surface area contributed by atoms with Gasteiger partial charge in [0.05, 0.1) is 22.1 Å². The van der Waals surface area contributed by atoms with Gasteiger partial charge in [-0.2, -0.15) is 0 Å². The summed E-state index contributed by atoms with van der Waals surface area (Å²) < 4.78 is 4.24. The summed E-state index contributed by atoms with van der Waals surface area (Å²) in [5, 5.41) is 6.88. The molecular formula is C40H24N2O2. The van der Waals surface area contributed by atoms with E-state index in [0.717, 1.165) is 44.0 Å². The van der Waals surface area contributed by atoms with Crippen LogP contribution in [0, 0.1) is 0 Å². The summed E-state index contributed by atoms with van der Waals surface area (Å²) in [6, 6.07) is 48.4. The van der Waals surface area contributed by atoms with Gasteiger partial charge in [-0.15, -0.1) is 0 Å². The van der Waals surface area contributed by atoms with Crippen molar-refractivity contribution in [3.63, 3.8) is 0 Å². The van der Waals surface area contributed by atoms with Crippen LogP contribution in [0.25, 0.3) is 76.5 Å². The third-order valence-electron chi connectivity index (χ3n) is 8.85. The molecule has 2 aromatic heterocycles. The summed E-state index contributed by atoms with van der Waals surface area (Å²) >= 11 is 0. The first-order chi connectivity index (χ1) is 21.7. The molecule has 0 amide bonds. The van der Waals surface area contributed by atoms with E-state index in [1.807, 2.05) is 84.9 Å². The monoisotopic (exact) mass is 564 g/mol. The fourth-order valence-electron chi connectivity index (χ4n) is 6.77. The molecule has 0 N–H and O–H groups in total. The fraction of sp³-hybridized carbons (Fsp3) is 0. The third kappa shape index (κ3) is 3.52. The Morgan fingerprint density at radius 2 is 0.705 bits per heavy atom. The fourth-order valence-corrected chi connectivity index (χ4v) is 6.77. The van der Waals surface area contributed by atoms with Gasteiger partial charge in [0, 0.05) is 32.9 Å². The molecule has 0 saturated heterocycles. The zero-order valence-electron chi connectivity index (χ0n) is 23.6. The molecule has 0 saturated carbocycles. The topological polar surface area (TPSA) is 44.0 Å². The molecule has 0 radical (unpaired) electrons. The van der Waals surface area contributed by atoms with Crippen LogP contribution >= 0.6 is 0 Å². The number of nitrogens with zero attached hydrogens (tertiary/aromatic N) is 2. The average Bonchev–Trinajstić information content (AvgIpc) is 3.08. The predicted molar refractivity (Wildman–Crippen MR) is 183 cm³/mol. The first-order valence-corrected chi connectivity index (χ1v) is 14.7. The number of hydrogen-bond donors (Lipinski definition) is 0. The highest BCUT2D eigenvalue weighted by molar-refractivity contribution is 6.05. The summed E-state index contributed by atoms with van der Waals surface area (Å²) in [7, 11) is 0. The highest BCUT2D eigenvalue weighted by Gasteiger charge is 2.18. The average molecular weight is 565 g/mol. The zero-order valence-corrected chi connectivity index (χ0v) is 23.6. The summed E-state index contributed by atoms with van der Waals surface area (Å²) in [4.78, 5) is 28.4. The van der Waals surface area contributed by atoms with Crippen LogP contribution in [-0.4, -0.2) is 9.13 Å². The maximum atomic E-state index is 14.2. The van der Waals surface area contributed by atoms with Crippen molar-refractivity contribution in [1.82, 2.24) is 9.13 Å². The van der Waals surface area contributed by atoms with Gasteiger partial charge in [-0.3, -0.25) is 9.59 Å². The number of rotatable bonds is 2. The molecule has 206 valence electrons. The maximum absolute atomic E-state index is 14.2. The second-order valence-electron chi connectivity index (χ2n) is 11.3. The van der Waals surface area contributed by atoms with E-state index in [4.69, 9.17) is 0 Å². The normalized spacial score (nSPS) is 11.8. The Morgan fingerprint density at radius 3 is 1.16 bits per heavy atom. The van der Waals surface area contributed by atoms with Crippen molar-refractivity contribution in [3.8, 4) is 11.4 Å². The first-order valence-electron chi connectivity index (χ1n) is 14.7. The minimum atomic E-state index is -0.0554. The lowest BCUT2D eigenvalue weighted by atomic mass is 10.0. The van der Waals surface area contributed by atoms with Gasteiger partial charge in [0.2, 0.25) is 0 Å². The molecule has 0 atom stereocenters. The molecule has 9 aromatic rings. The molecule has 44 heavy (non-hydrogen) atoms. The minimum absolute atomic E-state index is 0.0554. The third-order valence-corrected chi connectivity index (χ3v) is 8.85. The summed E-state index contributed by atoms with van der Waals surface area (Å²) in [5.41, 5.74) is 4.76. The van der Waals surface area contributed by atoms with Crippen LogP contribution in [0.4, 0.5) is 0 Å². The van der Waals surface area contributed by atoms with E-state index in [-0.39, 0.29) is 10.9 Å². The van der Waals surface area contributed by atoms with Gasteiger partial charge in [0.25, 0.3) is 0 Å². The number of fused-ring (bicyclic) bond motifs is 6. The van der Waals surface area contributed by atoms with Crippen molar-refractivity contribution in [1.29, 1.82) is 0 Å². The highest BCUT2D eigenvalue weighted by Crippen LogP contribution is 2.32. The minimum Gasteiger partial charge on any atom is -0.309 e. The van der Waals surface area contributed by atoms with Crippen LogP contribution in [0.2, 0.25) is 0 Å². The number of aromatic nitrogens is 2. The van der Waals surface area contributed by atoms with Crippen molar-refractivity contribution in [2.45, 2.75) is 0 Å². The molecule has 2 heterocycles. The van der Waals surface area contributed by atoms with Crippen molar-refractivity contribution in [2.75, 3.05) is 0 Å². The standard InChI is InChI=1S/C40H24N2O2/c43-39-31-13-5-7-15-35(31)41(29-19-17-25-9-1-3-11-27(25)21-29)37-23-34-38(24-33(37)39)42(36-16-8-6-14-32(36)40(34)44)30-20-18-26-10-2-4-12-28(26)22-30/h1-24H. The molecule has 0 fully saturated rings. The van der Waals surface area contributed by atoms with Gasteiger partial charge in [0.15, 0.2) is 10.9 Å². The molecule has 0 aliphatic heterocycles. The van der Waals surface area contributed by atoms with Crippen molar-refractivity contribution in [3.05, 3.63) is 166 Å². The van der Waals surface area contributed by atoms with Crippen LogP contribution < -0.4 is 10.9 Å². The number of hydrogen-bond acceptors (Lipinski definition) is 2. The summed E-state index contributed by atoms with van der Waals surface area (Å²) in [5.74, 6) is 0. The SMILES string of the molecule is O=c1c2ccccc2n(-c2ccc3ccccc3c2)c2cc3c(=O)c4ccccc4n(-c4ccc5ccccc5c4)c3cc12. The molecule has 4 heteroatoms. The molecule has 0 unspecified atom stereocenters. The Balaban J connectivity index is 1.48. The maximum Gasteiger partial charge on any atom is 0.197 e. The van der Waals surface area contributed by atoms with Gasteiger partial charge in [-0.05, 0) is 82.2 Å². The van der Waals surface area contributed by atoms with E-state index in [1.54, 1.807) is 0 Å². The lowest BCUT2D eigenvalue weighted by molar-refractivity contribution is 1.15. The van der Waals surface area contributed by atoms with E-state index in [2.05, 4.69) is 69.8 Å². The molecule has 7 aromatic carbocycles. The molecule has 9 rings (SSSR count). The Morgan fingerprint density at radius 1 is 0.318 bits per heavy atom. The van der Waals surface area contributed by atoms with Gasteiger partial charge in [-0.25, -0.2) is 0 Å². The Labute approximate surface area is 251 Å². The van der Waals surface area contributed by atoms with E-state index < -0.39 is 0 Å². The molecule has 4 nitrogen and oxygen atoms in total. The van der Waals surface area contributed by atoms with E-state index >= 15 is 0 Å². The van der Waals surface area contributed by atoms with Gasteiger partial charge < -0.3 is 9.13 Å². The van der Waals surface area contributed by atoms with Gasteiger partial charge in [-0.1, -0.05) is 84.9 Å². The molecule has 0 aliphatic rings. The van der Waals surface area contributed by atoms with E-state index in [1.165, 1.54) is 0 Å². The van der Waals surface area contributed by atoms with Gasteiger partial charge >= 0.3 is 0 Å². The zero-order chi connectivity index (χ0) is 29.4. The summed E-state index contributed by atoms with van der Waals surface area (Å²) in [6.07, 6.45) is 0. The van der Waals surface area contributed by atoms with Crippen molar-refractivity contribution >= 4 is 65.2 Å². The molecule has 0 spiro atoms. The molecule has 0 aliphatic carbocycles. The van der Waals surface area contributed by atoms with Crippen LogP contribution in [0.15, 0.2) is 155 Å². The Kier molecular flexibility index (Phi) is 5.17. The number of pyridine rings is 2. The molecule has 0 bridgehead atoms. The lowest BCUT2D eigenvalue weighted by Crippen LogP contribution is -2.14. The van der Waals surface area contributed by atoms with E-state index in [0.29, 0.717) is 32.6 Å². The van der Waals surface area contributed by atoms with Crippen LogP contribution in [0.3, 0.4) is 0 Å². The van der Waals surface area contributed by atoms with E-state index in [9.17, 15) is 9.59 Å². The largest absolute Gasteiger partial charge is 0.309 e. The number of para-hydroxylation sites is 2. The van der Waals surface area contributed by atoms with Crippen LogP contribution in [-0.2, 0) is 0 Å². The van der Waals surface area contributed by atoms with Crippen molar-refractivity contribution in [2.24, 2.45) is 0 Å². The lowest BCUT2D eigenvalue weighted by Gasteiger charge is -2.19. The summed E-state index contributed by atoms with van der Waals surface area (Å²) in [6.45, 7) is 0. The highest BCUT2D eigenvalue weighted by atomic mass is 16.1. The Hall–Kier alpha value is -6.00. The van der Waals surface area contributed by atoms with Crippen molar-refractivity contribution < 1.29 is 0 Å². The second kappa shape index (κ2) is 9.25. The quantitative estimate of drug-likeness (QED) is 0.197. The van der Waals surface area contributed by atoms with Crippen LogP contribution in [0.5, 0.6) is 0 Å². The Bertz CT molecular complexity index is 2580. The predicted octanol–water partition coefficient (Wildman–Crippen LogP) is 8.91. The molecular weight excluding hydrogens is 540 g/mol. The second-order valence-corrected chi connectivity index (χ2v) is 11.3. The first kappa shape index (κ1) is 24.6. The van der Waals surface area contributed by atoms with Crippen LogP contribution in [0.1, 0.15) is 0 Å². The smallest absolute Gasteiger partial charge is 0.197 e. The van der Waals surface area contributed by atoms with Gasteiger partial charge in [0.1, 0.15) is 0 Å².